The van der Waals surface area contributed by atoms with Crippen LogP contribution in [0.3, 0.4) is 0 Å². The van der Waals surface area contributed by atoms with Gasteiger partial charge in [0.25, 0.3) is 0 Å². The molecule has 3 rings (SSSR count). The lowest BCUT2D eigenvalue weighted by atomic mass is 9.96. The quantitative estimate of drug-likeness (QED) is 0.0202. The SMILES string of the molecule is CC/C=C\C/C=C\C/C=C\C/C=C\C/C=C\C/C=C\C/C=C\C/C=C\C/C=C\C/C=C\CCCCCCCCC(=O)NC(COC1OC(CO)C(OC2OC(CO)C(OC3OC(CO)C(O)C(O)C3O)C(O)C2O)C(O)C1O)C(O)/C=C/CCCCCCCC. The average molecular weight is 1270 g/mol. The number of allylic oxidation sites excluding steroid dienone is 21. The Labute approximate surface area is 537 Å². The van der Waals surface area contributed by atoms with Gasteiger partial charge in [0.05, 0.1) is 38.6 Å². The maximum Gasteiger partial charge on any atom is 0.220 e. The number of nitrogens with one attached hydrogen (secondary N) is 1. The first-order chi connectivity index (χ1) is 43.8. The molecular formula is C71H115NO18. The molecule has 512 valence electrons. The third kappa shape index (κ3) is 33.2. The number of amides is 1. The third-order valence-corrected chi connectivity index (χ3v) is 15.7. The molecular weight excluding hydrogens is 1150 g/mol. The summed E-state index contributed by atoms with van der Waals surface area (Å²) < 4.78 is 34.2. The molecule has 3 fully saturated rings. The minimum absolute atomic E-state index is 0.216. The van der Waals surface area contributed by atoms with E-state index in [-0.39, 0.29) is 18.9 Å². The summed E-state index contributed by atoms with van der Waals surface area (Å²) in [7, 11) is 0. The zero-order valence-electron chi connectivity index (χ0n) is 53.8. The molecule has 3 heterocycles. The van der Waals surface area contributed by atoms with Crippen molar-refractivity contribution in [2.24, 2.45) is 0 Å². The highest BCUT2D eigenvalue weighted by Gasteiger charge is 2.53. The van der Waals surface area contributed by atoms with Gasteiger partial charge in [0, 0.05) is 6.42 Å². The maximum absolute atomic E-state index is 13.3. The van der Waals surface area contributed by atoms with Gasteiger partial charge in [-0.25, -0.2) is 0 Å². The van der Waals surface area contributed by atoms with Gasteiger partial charge in [-0.05, 0) is 96.3 Å². The molecule has 0 bridgehead atoms. The van der Waals surface area contributed by atoms with Crippen LogP contribution < -0.4 is 5.32 Å². The van der Waals surface area contributed by atoms with E-state index in [1.54, 1.807) is 6.08 Å². The zero-order chi connectivity index (χ0) is 65.4. The molecule has 3 aliphatic heterocycles. The first-order valence-electron chi connectivity index (χ1n) is 33.4. The maximum atomic E-state index is 13.3. The van der Waals surface area contributed by atoms with Crippen LogP contribution in [-0.4, -0.2) is 193 Å². The highest BCUT2D eigenvalue weighted by molar-refractivity contribution is 5.76. The Morgan fingerprint density at radius 3 is 1.20 bits per heavy atom. The van der Waals surface area contributed by atoms with Gasteiger partial charge in [-0.3, -0.25) is 4.79 Å². The second kappa shape index (κ2) is 51.4. The summed E-state index contributed by atoms with van der Waals surface area (Å²) in [5.74, 6) is -0.301. The van der Waals surface area contributed by atoms with Gasteiger partial charge in [-0.2, -0.15) is 0 Å². The molecule has 19 heteroatoms. The van der Waals surface area contributed by atoms with Gasteiger partial charge in [-0.15, -0.1) is 0 Å². The molecule has 17 atom stereocenters. The minimum atomic E-state index is -1.98. The molecule has 0 radical (unpaired) electrons. The van der Waals surface area contributed by atoms with E-state index in [9.17, 15) is 61.0 Å². The topological polar surface area (TPSA) is 307 Å². The number of carbonyl (C=O) groups is 1. The highest BCUT2D eigenvalue weighted by Crippen LogP contribution is 2.33. The van der Waals surface area contributed by atoms with Crippen molar-refractivity contribution in [1.82, 2.24) is 5.32 Å². The van der Waals surface area contributed by atoms with E-state index in [1.165, 1.54) is 12.8 Å². The summed E-state index contributed by atoms with van der Waals surface area (Å²) in [5, 5.41) is 120. The van der Waals surface area contributed by atoms with E-state index < -0.39 is 124 Å². The van der Waals surface area contributed by atoms with Crippen molar-refractivity contribution < 1.29 is 89.4 Å². The smallest absolute Gasteiger partial charge is 0.220 e. The second-order valence-corrected chi connectivity index (χ2v) is 23.2. The Morgan fingerprint density at radius 1 is 0.411 bits per heavy atom. The standard InChI is InChI=1S/C71H115NO18/c1-3-5-7-9-11-13-14-15-16-17-18-19-20-21-22-23-24-25-26-27-28-29-30-31-32-33-34-35-36-37-38-39-40-41-43-45-47-49-59(77)72-54(55(76)48-46-44-42-12-10-8-6-4-2)53-85-69-65(83)62(80)67(57(51-74)87-69)90-71-66(84)63(81)68(58(52-75)88-71)89-70-64(82)61(79)60(78)56(50-73)86-70/h5,7,11,13,15-16,18-19,21-22,24-25,27-28,30-31,33-34,36-37,46,48,54-58,60-71,73-76,78-84H,3-4,6,8-10,12,14,17,20,23,26,29,32,35,38-45,47,49-53H2,1-2H3,(H,72,77)/b7-5-,13-11-,16-15-,19-18-,22-21-,25-24-,28-27-,31-30-,34-33-,37-36-,48-46+. The van der Waals surface area contributed by atoms with Crippen LogP contribution in [0.25, 0.3) is 0 Å². The monoisotopic (exact) mass is 1270 g/mol. The van der Waals surface area contributed by atoms with Crippen molar-refractivity contribution in [2.75, 3.05) is 26.4 Å². The molecule has 0 aromatic heterocycles. The van der Waals surface area contributed by atoms with E-state index in [1.807, 2.05) is 6.08 Å². The molecule has 19 nitrogen and oxygen atoms in total. The predicted molar refractivity (Wildman–Crippen MR) is 350 cm³/mol. The molecule has 0 spiro atoms. The summed E-state index contributed by atoms with van der Waals surface area (Å²) in [6.07, 6.45) is 44.7. The molecule has 12 N–H and O–H groups in total. The van der Waals surface area contributed by atoms with Crippen LogP contribution in [0.5, 0.6) is 0 Å². The summed E-state index contributed by atoms with van der Waals surface area (Å²) in [5.41, 5.74) is 0. The summed E-state index contributed by atoms with van der Waals surface area (Å²) in [6, 6.07) is -0.988. The van der Waals surface area contributed by atoms with Crippen molar-refractivity contribution in [1.29, 1.82) is 0 Å². The Hall–Kier alpha value is -4.07. The zero-order valence-corrected chi connectivity index (χ0v) is 53.8. The molecule has 90 heavy (non-hydrogen) atoms. The van der Waals surface area contributed by atoms with Crippen molar-refractivity contribution in [3.8, 4) is 0 Å². The van der Waals surface area contributed by atoms with Crippen molar-refractivity contribution in [3.05, 3.63) is 134 Å². The highest BCUT2D eigenvalue weighted by atomic mass is 16.8. The lowest BCUT2D eigenvalue weighted by molar-refractivity contribution is -0.379. The van der Waals surface area contributed by atoms with Gasteiger partial charge in [0.15, 0.2) is 18.9 Å². The number of aliphatic hydroxyl groups excluding tert-OH is 11. The Balaban J connectivity index is 1.34. The van der Waals surface area contributed by atoms with E-state index in [0.717, 1.165) is 135 Å². The average Bonchev–Trinajstić information content (AvgIpc) is 0.847. The van der Waals surface area contributed by atoms with Crippen molar-refractivity contribution in [3.63, 3.8) is 0 Å². The van der Waals surface area contributed by atoms with E-state index in [4.69, 9.17) is 28.4 Å². The molecule has 0 aliphatic carbocycles. The predicted octanol–water partition coefficient (Wildman–Crippen LogP) is 8.21. The van der Waals surface area contributed by atoms with Gasteiger partial charge in [0.1, 0.15) is 73.2 Å². The molecule has 1 amide bonds. The lowest BCUT2D eigenvalue weighted by Crippen LogP contribution is -2.66. The van der Waals surface area contributed by atoms with Gasteiger partial charge >= 0.3 is 0 Å². The Bertz CT molecular complexity index is 2150. The Kier molecular flexibility index (Phi) is 45.7. The normalized spacial score (nSPS) is 28.9. The van der Waals surface area contributed by atoms with Gasteiger partial charge in [0.2, 0.25) is 5.91 Å². The van der Waals surface area contributed by atoms with Crippen LogP contribution in [-0.2, 0) is 33.2 Å². The Morgan fingerprint density at radius 2 is 0.767 bits per heavy atom. The lowest BCUT2D eigenvalue weighted by Gasteiger charge is -2.48. The van der Waals surface area contributed by atoms with Crippen LogP contribution in [0.2, 0.25) is 0 Å². The van der Waals surface area contributed by atoms with Gasteiger partial charge in [-0.1, -0.05) is 205 Å². The summed E-state index contributed by atoms with van der Waals surface area (Å²) in [4.78, 5) is 13.3. The minimum Gasteiger partial charge on any atom is -0.394 e. The number of hydrogen-bond acceptors (Lipinski definition) is 18. The third-order valence-electron chi connectivity index (χ3n) is 15.7. The number of hydrogen-bond donors (Lipinski definition) is 12. The van der Waals surface area contributed by atoms with Crippen LogP contribution in [0.15, 0.2) is 134 Å². The van der Waals surface area contributed by atoms with Crippen molar-refractivity contribution >= 4 is 5.91 Å². The fourth-order valence-corrected chi connectivity index (χ4v) is 10.3. The van der Waals surface area contributed by atoms with E-state index in [0.29, 0.717) is 6.42 Å². The first kappa shape index (κ1) is 80.2. The fraction of sp³-hybridized carbons (Fsp3) is 0.676. The van der Waals surface area contributed by atoms with Crippen LogP contribution >= 0.6 is 0 Å². The van der Waals surface area contributed by atoms with Crippen LogP contribution in [0.1, 0.15) is 174 Å². The largest absolute Gasteiger partial charge is 0.394 e. The molecule has 0 aromatic carbocycles. The molecule has 0 saturated carbocycles. The number of unbranched alkanes of at least 4 members (excludes halogenated alkanes) is 12. The van der Waals surface area contributed by atoms with Crippen LogP contribution in [0.4, 0.5) is 0 Å². The molecule has 3 saturated heterocycles. The number of ether oxygens (including phenoxy) is 6. The van der Waals surface area contributed by atoms with Crippen molar-refractivity contribution in [2.45, 2.75) is 279 Å². The first-order valence-corrected chi connectivity index (χ1v) is 33.4. The fourth-order valence-electron chi connectivity index (χ4n) is 10.3. The molecule has 0 aromatic rings. The number of carbonyl (C=O) groups excluding carboxylic acids is 1. The summed E-state index contributed by atoms with van der Waals surface area (Å²) >= 11 is 0. The molecule has 3 aliphatic rings. The van der Waals surface area contributed by atoms with Crippen LogP contribution in [0, 0.1) is 0 Å². The van der Waals surface area contributed by atoms with E-state index in [2.05, 4.69) is 141 Å². The number of aliphatic hydroxyl groups is 11. The summed E-state index contributed by atoms with van der Waals surface area (Å²) in [6.45, 7) is 1.51. The molecule has 17 unspecified atom stereocenters. The van der Waals surface area contributed by atoms with E-state index >= 15 is 0 Å². The van der Waals surface area contributed by atoms with Gasteiger partial charge < -0.3 is 89.9 Å². The second-order valence-electron chi connectivity index (χ2n) is 23.2. The number of rotatable bonds is 48.